The fourth-order valence-corrected chi connectivity index (χ4v) is 1.44. The molecule has 0 aliphatic rings. The van der Waals surface area contributed by atoms with Gasteiger partial charge in [0.15, 0.2) is 0 Å². The molecule has 0 aromatic rings. The van der Waals surface area contributed by atoms with Gasteiger partial charge in [-0.1, -0.05) is 0 Å². The summed E-state index contributed by atoms with van der Waals surface area (Å²) in [6, 6.07) is 0. The van der Waals surface area contributed by atoms with Crippen molar-refractivity contribution in [1.82, 2.24) is 9.62 Å². The van der Waals surface area contributed by atoms with Crippen molar-refractivity contribution < 1.29 is 27.6 Å². The van der Waals surface area contributed by atoms with Gasteiger partial charge < -0.3 is 9.79 Å². The van der Waals surface area contributed by atoms with Crippen molar-refractivity contribution in [3.05, 3.63) is 0 Å². The van der Waals surface area contributed by atoms with Crippen LogP contribution in [0.2, 0.25) is 0 Å². The highest BCUT2D eigenvalue weighted by Crippen LogP contribution is 2.31. The summed E-state index contributed by atoms with van der Waals surface area (Å²) in [5, 5.41) is 2.16. The van der Waals surface area contributed by atoms with Crippen LogP contribution >= 0.6 is 7.60 Å². The number of sulfonamides is 1. The monoisotopic (exact) mass is 260 g/mol. The van der Waals surface area contributed by atoms with Crippen LogP contribution in [0.5, 0.6) is 0 Å². The zero-order valence-electron chi connectivity index (χ0n) is 8.24. The van der Waals surface area contributed by atoms with Crippen LogP contribution in [0.15, 0.2) is 0 Å². The van der Waals surface area contributed by atoms with E-state index in [1.54, 1.807) is 0 Å². The molecule has 15 heavy (non-hydrogen) atoms. The average molecular weight is 260 g/mol. The number of nitrogens with one attached hydrogen (secondary N) is 1. The van der Waals surface area contributed by atoms with E-state index in [2.05, 4.69) is 5.32 Å². The van der Waals surface area contributed by atoms with E-state index in [9.17, 15) is 17.8 Å². The van der Waals surface area contributed by atoms with Crippen LogP contribution in [-0.2, 0) is 19.4 Å². The van der Waals surface area contributed by atoms with Crippen LogP contribution in [0.1, 0.15) is 0 Å². The van der Waals surface area contributed by atoms with Gasteiger partial charge in [0.1, 0.15) is 0 Å². The largest absolute Gasteiger partial charge is 0.339 e. The SMILES string of the molecule is CN(C(=O)CNCP(=O)(O)O)S(C)(=O)=O. The minimum atomic E-state index is -4.22. The van der Waals surface area contributed by atoms with Gasteiger partial charge in [0.25, 0.3) is 0 Å². The summed E-state index contributed by atoms with van der Waals surface area (Å²) in [7, 11) is -6.78. The first-order chi connectivity index (χ1) is 6.54. The quantitative estimate of drug-likeness (QED) is 0.494. The fraction of sp³-hybridized carbons (Fsp3) is 0.800. The Hall–Kier alpha value is -0.470. The lowest BCUT2D eigenvalue weighted by atomic mass is 10.6. The van der Waals surface area contributed by atoms with Crippen molar-refractivity contribution in [3.8, 4) is 0 Å². The molecule has 0 radical (unpaired) electrons. The molecule has 0 aromatic heterocycles. The second-order valence-corrected chi connectivity index (χ2v) is 6.53. The Kier molecular flexibility index (Phi) is 4.88. The Morgan fingerprint density at radius 2 is 1.93 bits per heavy atom. The number of hydrogen-bond donors (Lipinski definition) is 3. The van der Waals surface area contributed by atoms with Gasteiger partial charge in [-0.05, 0) is 0 Å². The Bertz CT molecular complexity index is 373. The van der Waals surface area contributed by atoms with Gasteiger partial charge in [-0.3, -0.25) is 14.7 Å². The molecule has 90 valence electrons. The van der Waals surface area contributed by atoms with Crippen molar-refractivity contribution in [2.24, 2.45) is 0 Å². The summed E-state index contributed by atoms with van der Waals surface area (Å²) in [4.78, 5) is 28.0. The van der Waals surface area contributed by atoms with Gasteiger partial charge in [0.2, 0.25) is 15.9 Å². The van der Waals surface area contributed by atoms with Crippen molar-refractivity contribution in [2.45, 2.75) is 0 Å². The van der Waals surface area contributed by atoms with Crippen LogP contribution < -0.4 is 5.32 Å². The molecule has 0 rings (SSSR count). The molecule has 0 saturated heterocycles. The number of carbonyl (C=O) groups excluding carboxylic acids is 1. The van der Waals surface area contributed by atoms with E-state index in [-0.39, 0.29) is 0 Å². The number of amides is 1. The van der Waals surface area contributed by atoms with Crippen molar-refractivity contribution in [1.29, 1.82) is 0 Å². The van der Waals surface area contributed by atoms with E-state index in [1.807, 2.05) is 0 Å². The van der Waals surface area contributed by atoms with E-state index in [4.69, 9.17) is 9.79 Å². The molecule has 8 nitrogen and oxygen atoms in total. The molecule has 10 heteroatoms. The van der Waals surface area contributed by atoms with Crippen LogP contribution in [0.25, 0.3) is 0 Å². The molecule has 1 amide bonds. The fourth-order valence-electron chi connectivity index (χ4n) is 0.605. The summed E-state index contributed by atoms with van der Waals surface area (Å²) in [6.45, 7) is -0.450. The zero-order valence-corrected chi connectivity index (χ0v) is 9.96. The number of nitrogens with zero attached hydrogens (tertiary/aromatic N) is 1. The molecule has 0 bridgehead atoms. The number of rotatable bonds is 5. The summed E-state index contributed by atoms with van der Waals surface area (Å²) < 4.78 is 32.6. The van der Waals surface area contributed by atoms with Gasteiger partial charge in [0, 0.05) is 7.05 Å². The molecule has 0 saturated carbocycles. The highest BCUT2D eigenvalue weighted by molar-refractivity contribution is 7.88. The molecule has 0 aliphatic carbocycles. The lowest BCUT2D eigenvalue weighted by Gasteiger charge is -2.14. The number of likely N-dealkylation sites (N-methyl/N-ethyl adjacent to an activating group) is 1. The zero-order chi connectivity index (χ0) is 12.3. The van der Waals surface area contributed by atoms with E-state index in [1.165, 1.54) is 0 Å². The van der Waals surface area contributed by atoms with Gasteiger partial charge in [-0.15, -0.1) is 0 Å². The lowest BCUT2D eigenvalue weighted by Crippen LogP contribution is -2.39. The molecule has 0 spiro atoms. The van der Waals surface area contributed by atoms with Gasteiger partial charge in [-0.25, -0.2) is 12.7 Å². The van der Waals surface area contributed by atoms with Crippen molar-refractivity contribution in [3.63, 3.8) is 0 Å². The molecular weight excluding hydrogens is 247 g/mol. The Morgan fingerprint density at radius 1 is 1.47 bits per heavy atom. The van der Waals surface area contributed by atoms with E-state index >= 15 is 0 Å². The highest BCUT2D eigenvalue weighted by Gasteiger charge is 2.19. The second kappa shape index (κ2) is 5.04. The maximum atomic E-state index is 11.1. The molecule has 0 aliphatic heterocycles. The van der Waals surface area contributed by atoms with E-state index in [0.717, 1.165) is 13.3 Å². The van der Waals surface area contributed by atoms with Crippen LogP contribution in [-0.4, -0.2) is 54.6 Å². The molecule has 0 unspecified atom stereocenters. The van der Waals surface area contributed by atoms with Crippen LogP contribution in [0.4, 0.5) is 0 Å². The van der Waals surface area contributed by atoms with Crippen molar-refractivity contribution in [2.75, 3.05) is 26.1 Å². The summed E-state index contributed by atoms with van der Waals surface area (Å²) >= 11 is 0. The van der Waals surface area contributed by atoms with Gasteiger partial charge in [0.05, 0.1) is 19.1 Å². The first kappa shape index (κ1) is 14.5. The number of hydrogen-bond acceptors (Lipinski definition) is 5. The highest BCUT2D eigenvalue weighted by atomic mass is 32.2. The Balaban J connectivity index is 4.13. The Labute approximate surface area is 87.5 Å². The average Bonchev–Trinajstić information content (AvgIpc) is 1.98. The standard InChI is InChI=1S/C5H13N2O6PS/c1-7(15(2,12)13)5(8)3-6-4-14(9,10)11/h6H,3-4H2,1-2H3,(H2,9,10,11). The third-order valence-electron chi connectivity index (χ3n) is 1.44. The maximum absolute atomic E-state index is 11.1. The predicted molar refractivity (Wildman–Crippen MR) is 52.5 cm³/mol. The molecule has 0 atom stereocenters. The van der Waals surface area contributed by atoms with Crippen molar-refractivity contribution >= 4 is 23.5 Å². The molecule has 0 heterocycles. The second-order valence-electron chi connectivity index (χ2n) is 2.87. The summed E-state index contributed by atoms with van der Waals surface area (Å²) in [5.74, 6) is -0.786. The number of carbonyl (C=O) groups is 1. The lowest BCUT2D eigenvalue weighted by molar-refractivity contribution is -0.124. The van der Waals surface area contributed by atoms with E-state index in [0.29, 0.717) is 4.31 Å². The van der Waals surface area contributed by atoms with Gasteiger partial charge in [-0.2, -0.15) is 0 Å². The molecule has 3 N–H and O–H groups in total. The predicted octanol–water partition coefficient (Wildman–Crippen LogP) is -1.87. The normalized spacial score (nSPS) is 12.5. The molecule has 0 fully saturated rings. The summed E-state index contributed by atoms with van der Waals surface area (Å²) in [5.41, 5.74) is 0. The maximum Gasteiger partial charge on any atom is 0.339 e. The van der Waals surface area contributed by atoms with Crippen LogP contribution in [0, 0.1) is 0 Å². The van der Waals surface area contributed by atoms with Gasteiger partial charge >= 0.3 is 7.60 Å². The first-order valence-corrected chi connectivity index (χ1v) is 7.40. The van der Waals surface area contributed by atoms with E-state index < -0.39 is 36.4 Å². The molecule has 0 aromatic carbocycles. The summed E-state index contributed by atoms with van der Waals surface area (Å²) in [6.07, 6.45) is 0.185. The third-order valence-corrected chi connectivity index (χ3v) is 3.28. The molecular formula is C5H13N2O6PS. The Morgan fingerprint density at radius 3 is 2.27 bits per heavy atom. The topological polar surface area (TPSA) is 124 Å². The smallest absolute Gasteiger partial charge is 0.324 e. The minimum absolute atomic E-state index is 0.450. The first-order valence-electron chi connectivity index (χ1n) is 3.76. The van der Waals surface area contributed by atoms with Crippen LogP contribution in [0.3, 0.4) is 0 Å². The third kappa shape index (κ3) is 6.58. The minimum Gasteiger partial charge on any atom is -0.324 e.